The Balaban J connectivity index is 1.75. The van der Waals surface area contributed by atoms with E-state index in [1.165, 1.54) is 26.1 Å². The fraction of sp³-hybridized carbons (Fsp3) is 0.263. The summed E-state index contributed by atoms with van der Waals surface area (Å²) >= 11 is 1.90. The van der Waals surface area contributed by atoms with E-state index in [2.05, 4.69) is 61.5 Å². The first-order chi connectivity index (χ1) is 10.3. The average Bonchev–Trinajstić information content (AvgIpc) is 2.95. The molecule has 0 amide bonds. The zero-order chi connectivity index (χ0) is 14.7. The smallest absolute Gasteiger partial charge is 0.0128 e. The normalized spacial score (nSPS) is 12.7. The molecule has 0 bridgehead atoms. The molecule has 1 aromatic heterocycles. The number of fused-ring (bicyclic) bond motifs is 1. The highest BCUT2D eigenvalue weighted by Gasteiger charge is 2.09. The van der Waals surface area contributed by atoms with Gasteiger partial charge in [-0.15, -0.1) is 11.3 Å². The van der Waals surface area contributed by atoms with Crippen LogP contribution in [0.3, 0.4) is 0 Å². The van der Waals surface area contributed by atoms with Crippen LogP contribution in [-0.2, 0) is 19.3 Å². The van der Waals surface area contributed by atoms with Gasteiger partial charge in [-0.1, -0.05) is 49.4 Å². The highest BCUT2D eigenvalue weighted by Crippen LogP contribution is 2.22. The van der Waals surface area contributed by atoms with Gasteiger partial charge in [0.2, 0.25) is 0 Å². The van der Waals surface area contributed by atoms with Crippen molar-refractivity contribution in [2.24, 2.45) is 5.73 Å². The van der Waals surface area contributed by atoms with Crippen LogP contribution in [0.15, 0.2) is 54.6 Å². The molecule has 1 nitrogen and oxygen atoms in total. The Bertz CT molecular complexity index is 724. The second-order valence-corrected chi connectivity index (χ2v) is 6.78. The van der Waals surface area contributed by atoms with E-state index in [4.69, 9.17) is 5.73 Å². The minimum Gasteiger partial charge on any atom is -0.327 e. The number of nitrogens with two attached hydrogens (primary N) is 1. The number of rotatable bonds is 5. The van der Waals surface area contributed by atoms with Crippen molar-refractivity contribution in [3.63, 3.8) is 0 Å². The molecule has 3 rings (SSSR count). The second-order valence-electron chi connectivity index (χ2n) is 5.53. The van der Waals surface area contributed by atoms with Gasteiger partial charge in [0, 0.05) is 15.8 Å². The van der Waals surface area contributed by atoms with Gasteiger partial charge < -0.3 is 5.73 Å². The van der Waals surface area contributed by atoms with Gasteiger partial charge in [0.15, 0.2) is 0 Å². The highest BCUT2D eigenvalue weighted by molar-refractivity contribution is 7.11. The minimum absolute atomic E-state index is 0.180. The van der Waals surface area contributed by atoms with E-state index < -0.39 is 0 Å². The lowest BCUT2D eigenvalue weighted by Gasteiger charge is -2.12. The average molecular weight is 295 g/mol. The zero-order valence-electron chi connectivity index (χ0n) is 12.4. The van der Waals surface area contributed by atoms with E-state index >= 15 is 0 Å². The van der Waals surface area contributed by atoms with Crippen LogP contribution in [0.2, 0.25) is 0 Å². The Morgan fingerprint density at radius 1 is 0.905 bits per heavy atom. The largest absolute Gasteiger partial charge is 0.327 e. The number of hydrogen-bond donors (Lipinski definition) is 1. The maximum absolute atomic E-state index is 6.39. The van der Waals surface area contributed by atoms with Gasteiger partial charge >= 0.3 is 0 Å². The Morgan fingerprint density at radius 3 is 2.48 bits per heavy atom. The summed E-state index contributed by atoms with van der Waals surface area (Å²) < 4.78 is 0. The summed E-state index contributed by atoms with van der Waals surface area (Å²) in [5.74, 6) is 0. The van der Waals surface area contributed by atoms with Crippen molar-refractivity contribution < 1.29 is 0 Å². The Hall–Kier alpha value is -1.64. The summed E-state index contributed by atoms with van der Waals surface area (Å²) in [4.78, 5) is 2.85. The molecule has 2 aromatic carbocycles. The topological polar surface area (TPSA) is 26.0 Å². The van der Waals surface area contributed by atoms with Gasteiger partial charge in [0.05, 0.1) is 0 Å². The first-order valence-corrected chi connectivity index (χ1v) is 8.37. The van der Waals surface area contributed by atoms with Crippen LogP contribution in [0.4, 0.5) is 0 Å². The van der Waals surface area contributed by atoms with Crippen molar-refractivity contribution in [1.82, 2.24) is 0 Å². The highest BCUT2D eigenvalue weighted by atomic mass is 32.1. The molecule has 0 saturated carbocycles. The van der Waals surface area contributed by atoms with E-state index in [1.807, 2.05) is 11.3 Å². The van der Waals surface area contributed by atoms with E-state index in [0.29, 0.717) is 0 Å². The van der Waals surface area contributed by atoms with Crippen molar-refractivity contribution in [3.8, 4) is 0 Å². The Morgan fingerprint density at radius 2 is 1.67 bits per heavy atom. The van der Waals surface area contributed by atoms with Crippen LogP contribution in [0.1, 0.15) is 22.2 Å². The van der Waals surface area contributed by atoms with Gasteiger partial charge in [-0.3, -0.25) is 0 Å². The first-order valence-electron chi connectivity index (χ1n) is 7.56. The molecule has 0 saturated heterocycles. The Labute approximate surface area is 130 Å². The monoisotopic (exact) mass is 295 g/mol. The van der Waals surface area contributed by atoms with Gasteiger partial charge in [0.25, 0.3) is 0 Å². The molecule has 0 spiro atoms. The second kappa shape index (κ2) is 6.42. The third-order valence-electron chi connectivity index (χ3n) is 3.89. The number of thiophene rings is 1. The molecule has 0 aliphatic heterocycles. The van der Waals surface area contributed by atoms with Crippen LogP contribution in [0.5, 0.6) is 0 Å². The quantitative estimate of drug-likeness (QED) is 0.732. The van der Waals surface area contributed by atoms with Crippen molar-refractivity contribution in [3.05, 3.63) is 69.9 Å². The SMILES string of the molecule is CCc1ccc(CC(N)Cc2cccc3ccccc23)s1. The predicted molar refractivity (Wildman–Crippen MR) is 93.0 cm³/mol. The predicted octanol–water partition coefficient (Wildman–Crippen LogP) is 4.58. The Kier molecular flexibility index (Phi) is 4.37. The molecule has 2 N–H and O–H groups in total. The number of hydrogen-bond acceptors (Lipinski definition) is 2. The molecule has 0 aliphatic rings. The van der Waals surface area contributed by atoms with Crippen molar-refractivity contribution in [1.29, 1.82) is 0 Å². The molecule has 21 heavy (non-hydrogen) atoms. The van der Waals surface area contributed by atoms with Crippen molar-refractivity contribution in [2.45, 2.75) is 32.2 Å². The maximum atomic E-state index is 6.39. The van der Waals surface area contributed by atoms with Crippen LogP contribution < -0.4 is 5.73 Å². The third kappa shape index (κ3) is 3.34. The fourth-order valence-corrected chi connectivity index (χ4v) is 3.86. The molecule has 2 heteroatoms. The minimum atomic E-state index is 0.180. The van der Waals surface area contributed by atoms with E-state index in [0.717, 1.165) is 19.3 Å². The van der Waals surface area contributed by atoms with Crippen molar-refractivity contribution in [2.75, 3.05) is 0 Å². The zero-order valence-corrected chi connectivity index (χ0v) is 13.2. The number of benzene rings is 2. The van der Waals surface area contributed by atoms with Gasteiger partial charge in [0.1, 0.15) is 0 Å². The lowest BCUT2D eigenvalue weighted by Crippen LogP contribution is -2.25. The van der Waals surface area contributed by atoms with Crippen LogP contribution in [0, 0.1) is 0 Å². The first kappa shape index (κ1) is 14.3. The van der Waals surface area contributed by atoms with Gasteiger partial charge in [-0.05, 0) is 47.7 Å². The number of aryl methyl sites for hydroxylation is 1. The standard InChI is InChI=1S/C19H21NS/c1-2-17-10-11-18(21-17)13-16(20)12-15-8-5-7-14-6-3-4-9-19(14)15/h3-11,16H,2,12-13,20H2,1H3. The summed E-state index contributed by atoms with van der Waals surface area (Å²) in [5, 5.41) is 2.63. The van der Waals surface area contributed by atoms with E-state index in [-0.39, 0.29) is 6.04 Å². The molecule has 108 valence electrons. The molecule has 0 radical (unpaired) electrons. The van der Waals surface area contributed by atoms with E-state index in [1.54, 1.807) is 0 Å². The summed E-state index contributed by atoms with van der Waals surface area (Å²) in [6, 6.07) is 19.7. The van der Waals surface area contributed by atoms with Crippen LogP contribution in [-0.4, -0.2) is 6.04 Å². The molecule has 0 aliphatic carbocycles. The van der Waals surface area contributed by atoms with Crippen LogP contribution >= 0.6 is 11.3 Å². The summed E-state index contributed by atoms with van der Waals surface area (Å²) in [7, 11) is 0. The lowest BCUT2D eigenvalue weighted by atomic mass is 9.97. The molecule has 1 heterocycles. The summed E-state index contributed by atoms with van der Waals surface area (Å²) in [6.07, 6.45) is 3.01. The summed E-state index contributed by atoms with van der Waals surface area (Å²) in [6.45, 7) is 2.20. The van der Waals surface area contributed by atoms with Crippen molar-refractivity contribution >= 4 is 22.1 Å². The molecular weight excluding hydrogens is 274 g/mol. The van der Waals surface area contributed by atoms with Gasteiger partial charge in [-0.2, -0.15) is 0 Å². The third-order valence-corrected chi connectivity index (χ3v) is 5.14. The maximum Gasteiger partial charge on any atom is 0.0128 e. The molecule has 1 unspecified atom stereocenters. The molecular formula is C19H21NS. The molecule has 1 atom stereocenters. The van der Waals surface area contributed by atoms with E-state index in [9.17, 15) is 0 Å². The molecule has 3 aromatic rings. The van der Waals surface area contributed by atoms with Crippen LogP contribution in [0.25, 0.3) is 10.8 Å². The fourth-order valence-electron chi connectivity index (χ4n) is 2.81. The lowest BCUT2D eigenvalue weighted by molar-refractivity contribution is 0.673. The summed E-state index contributed by atoms with van der Waals surface area (Å²) in [5.41, 5.74) is 7.74. The van der Waals surface area contributed by atoms with Gasteiger partial charge in [-0.25, -0.2) is 0 Å². The molecule has 0 fully saturated rings.